The maximum Gasteiger partial charge on any atom is 0.246 e. The third-order valence-electron chi connectivity index (χ3n) is 3.02. The van der Waals surface area contributed by atoms with Gasteiger partial charge >= 0.3 is 0 Å². The average molecular weight is 388 g/mol. The largest absolute Gasteiger partial charge is 0.304 e. The van der Waals surface area contributed by atoms with E-state index in [4.69, 9.17) is 23.2 Å². The molecule has 4 nitrogen and oxygen atoms in total. The Bertz CT molecular complexity index is 563. The quantitative estimate of drug-likeness (QED) is 0.783. The zero-order valence-electron chi connectivity index (χ0n) is 10.2. The Kier molecular flexibility index (Phi) is 4.80. The summed E-state index contributed by atoms with van der Waals surface area (Å²) in [5.41, 5.74) is 0. The number of piperazine rings is 1. The molecule has 106 valence electrons. The normalized spacial score (nSPS) is 18.7. The lowest BCUT2D eigenvalue weighted by Crippen LogP contribution is -2.47. The fourth-order valence-electron chi connectivity index (χ4n) is 1.93. The summed E-state index contributed by atoms with van der Waals surface area (Å²) in [7, 11) is -1.68. The molecule has 0 spiro atoms. The number of likely N-dealkylation sites (N-methyl/N-ethyl adjacent to an activating group) is 1. The smallest absolute Gasteiger partial charge is 0.246 e. The van der Waals surface area contributed by atoms with Gasteiger partial charge in [-0.2, -0.15) is 4.31 Å². The number of halogens is 3. The van der Waals surface area contributed by atoms with E-state index in [9.17, 15) is 8.42 Å². The molecule has 0 aromatic heterocycles. The van der Waals surface area contributed by atoms with Gasteiger partial charge in [0, 0.05) is 30.7 Å². The molecule has 19 heavy (non-hydrogen) atoms. The van der Waals surface area contributed by atoms with E-state index in [0.29, 0.717) is 30.7 Å². The second kappa shape index (κ2) is 5.87. The van der Waals surface area contributed by atoms with Gasteiger partial charge in [-0.25, -0.2) is 8.42 Å². The van der Waals surface area contributed by atoms with Gasteiger partial charge in [-0.05, 0) is 19.2 Å². The van der Waals surface area contributed by atoms with Crippen molar-refractivity contribution in [2.45, 2.75) is 4.90 Å². The summed E-state index contributed by atoms with van der Waals surface area (Å²) in [5, 5.41) is 0.275. The summed E-state index contributed by atoms with van der Waals surface area (Å²) in [5.74, 6) is 0. The molecule has 0 saturated carbocycles. The van der Waals surface area contributed by atoms with Gasteiger partial charge in [-0.3, -0.25) is 0 Å². The van der Waals surface area contributed by atoms with E-state index in [0.717, 1.165) is 0 Å². The van der Waals surface area contributed by atoms with Crippen molar-refractivity contribution >= 4 is 49.2 Å². The molecule has 0 unspecified atom stereocenters. The average Bonchev–Trinajstić information content (AvgIpc) is 2.27. The molecule has 1 fully saturated rings. The van der Waals surface area contributed by atoms with Crippen molar-refractivity contribution in [2.75, 3.05) is 33.2 Å². The summed E-state index contributed by atoms with van der Waals surface area (Å²) in [6.45, 7) is 2.29. The summed E-state index contributed by atoms with van der Waals surface area (Å²) in [6.07, 6.45) is 0. The highest BCUT2D eigenvalue weighted by Gasteiger charge is 2.31. The van der Waals surface area contributed by atoms with Gasteiger partial charge in [0.1, 0.15) is 4.90 Å². The Morgan fingerprint density at radius 1 is 1.11 bits per heavy atom. The molecule has 1 aromatic rings. The predicted molar refractivity (Wildman–Crippen MR) is 80.4 cm³/mol. The van der Waals surface area contributed by atoms with Crippen LogP contribution in [0.3, 0.4) is 0 Å². The monoisotopic (exact) mass is 386 g/mol. The summed E-state index contributed by atoms with van der Waals surface area (Å²) in [4.78, 5) is 2.07. The number of nitrogens with zero attached hydrogens (tertiary/aromatic N) is 2. The number of rotatable bonds is 2. The highest BCUT2D eigenvalue weighted by Crippen LogP contribution is 2.34. The van der Waals surface area contributed by atoms with Crippen molar-refractivity contribution in [3.05, 3.63) is 26.7 Å². The molecule has 1 heterocycles. The number of hydrogen-bond acceptors (Lipinski definition) is 3. The van der Waals surface area contributed by atoms with E-state index < -0.39 is 10.0 Å². The molecule has 0 amide bonds. The molecular formula is C11H13BrCl2N2O2S. The third kappa shape index (κ3) is 3.25. The van der Waals surface area contributed by atoms with Crippen LogP contribution in [0.4, 0.5) is 0 Å². The van der Waals surface area contributed by atoms with Gasteiger partial charge in [0.05, 0.1) is 10.0 Å². The Morgan fingerprint density at radius 2 is 1.58 bits per heavy atom. The first-order valence-electron chi connectivity index (χ1n) is 5.65. The first-order chi connectivity index (χ1) is 8.82. The molecule has 1 aliphatic heterocycles. The van der Waals surface area contributed by atoms with Crippen LogP contribution < -0.4 is 0 Å². The Morgan fingerprint density at radius 3 is 2.05 bits per heavy atom. The summed E-state index contributed by atoms with van der Waals surface area (Å²) < 4.78 is 27.2. The second-order valence-electron chi connectivity index (χ2n) is 4.41. The minimum absolute atomic E-state index is 0.0106. The maximum absolute atomic E-state index is 12.6. The van der Waals surface area contributed by atoms with Crippen LogP contribution in [0.25, 0.3) is 0 Å². The lowest BCUT2D eigenvalue weighted by Gasteiger charge is -2.31. The summed E-state index contributed by atoms with van der Waals surface area (Å²) in [6, 6.07) is 3.08. The zero-order valence-corrected chi connectivity index (χ0v) is 14.2. The van der Waals surface area contributed by atoms with Crippen LogP contribution in [-0.4, -0.2) is 50.8 Å². The fourth-order valence-corrected chi connectivity index (χ4v) is 5.24. The lowest BCUT2D eigenvalue weighted by molar-refractivity contribution is 0.222. The molecule has 0 radical (unpaired) electrons. The molecule has 1 saturated heterocycles. The van der Waals surface area contributed by atoms with E-state index in [1.54, 1.807) is 0 Å². The van der Waals surface area contributed by atoms with Crippen LogP contribution in [0.5, 0.6) is 0 Å². The second-order valence-corrected chi connectivity index (χ2v) is 8.01. The van der Waals surface area contributed by atoms with E-state index >= 15 is 0 Å². The van der Waals surface area contributed by atoms with Crippen molar-refractivity contribution in [2.24, 2.45) is 0 Å². The van der Waals surface area contributed by atoms with Crippen LogP contribution in [0.1, 0.15) is 0 Å². The van der Waals surface area contributed by atoms with Crippen molar-refractivity contribution in [1.82, 2.24) is 9.21 Å². The molecule has 1 aliphatic rings. The Labute approximate surface area is 131 Å². The topological polar surface area (TPSA) is 40.6 Å². The molecule has 1 aromatic carbocycles. The minimum Gasteiger partial charge on any atom is -0.304 e. The molecule has 0 bridgehead atoms. The van der Waals surface area contributed by atoms with E-state index in [2.05, 4.69) is 20.8 Å². The van der Waals surface area contributed by atoms with Crippen molar-refractivity contribution in [3.8, 4) is 0 Å². The maximum atomic E-state index is 12.6. The number of sulfonamides is 1. The SMILES string of the molecule is CN1CCN(S(=O)(=O)c2c(Cl)cc(Br)cc2Cl)CC1. The fraction of sp³-hybridized carbons (Fsp3) is 0.455. The van der Waals surface area contributed by atoms with E-state index in [1.165, 1.54) is 16.4 Å². The van der Waals surface area contributed by atoms with Gasteiger partial charge in [0.2, 0.25) is 10.0 Å². The third-order valence-corrected chi connectivity index (χ3v) is 6.30. The van der Waals surface area contributed by atoms with E-state index in [-0.39, 0.29) is 14.9 Å². The Balaban J connectivity index is 2.40. The van der Waals surface area contributed by atoms with Gasteiger partial charge in [0.15, 0.2) is 0 Å². The van der Waals surface area contributed by atoms with Crippen molar-refractivity contribution in [1.29, 1.82) is 0 Å². The highest BCUT2D eigenvalue weighted by molar-refractivity contribution is 9.10. The molecule has 0 atom stereocenters. The number of benzene rings is 1. The van der Waals surface area contributed by atoms with Gasteiger partial charge in [-0.15, -0.1) is 0 Å². The molecule has 0 N–H and O–H groups in total. The van der Waals surface area contributed by atoms with Crippen LogP contribution in [0.15, 0.2) is 21.5 Å². The van der Waals surface area contributed by atoms with E-state index in [1.807, 2.05) is 7.05 Å². The number of hydrogen-bond donors (Lipinski definition) is 0. The van der Waals surface area contributed by atoms with Gasteiger partial charge in [-0.1, -0.05) is 39.1 Å². The first kappa shape index (κ1) is 15.5. The highest BCUT2D eigenvalue weighted by atomic mass is 79.9. The van der Waals surface area contributed by atoms with Crippen LogP contribution in [-0.2, 0) is 10.0 Å². The lowest BCUT2D eigenvalue weighted by atomic mass is 10.4. The molecule has 0 aliphatic carbocycles. The molecular weight excluding hydrogens is 375 g/mol. The molecule has 8 heteroatoms. The Hall–Kier alpha value is 0.150. The van der Waals surface area contributed by atoms with Crippen LogP contribution in [0, 0.1) is 0 Å². The molecule has 2 rings (SSSR count). The van der Waals surface area contributed by atoms with Crippen LogP contribution in [0.2, 0.25) is 10.0 Å². The van der Waals surface area contributed by atoms with Crippen molar-refractivity contribution < 1.29 is 8.42 Å². The minimum atomic E-state index is -3.64. The first-order valence-corrected chi connectivity index (χ1v) is 8.64. The standard InChI is InChI=1S/C11H13BrCl2N2O2S/c1-15-2-4-16(5-3-15)19(17,18)11-9(13)6-8(12)7-10(11)14/h6-7H,2-5H2,1H3. The van der Waals surface area contributed by atoms with Crippen molar-refractivity contribution in [3.63, 3.8) is 0 Å². The van der Waals surface area contributed by atoms with Gasteiger partial charge < -0.3 is 4.90 Å². The zero-order chi connectivity index (χ0) is 14.2. The predicted octanol–water partition coefficient (Wildman–Crippen LogP) is 2.69. The van der Waals surface area contributed by atoms with Gasteiger partial charge in [0.25, 0.3) is 0 Å². The summed E-state index contributed by atoms with van der Waals surface area (Å²) >= 11 is 15.3. The van der Waals surface area contributed by atoms with Crippen LogP contribution >= 0.6 is 39.1 Å².